The molecule has 1 rings (SSSR count). The molecule has 0 fully saturated rings. The Balaban J connectivity index is 3.07. The van der Waals surface area contributed by atoms with Crippen molar-refractivity contribution in [3.05, 3.63) is 23.8 Å². The second-order valence-corrected chi connectivity index (χ2v) is 2.89. The first-order valence-electron chi connectivity index (χ1n) is 3.58. The maximum absolute atomic E-state index is 10.4. The monoisotopic (exact) mass is 215 g/mol. The van der Waals surface area contributed by atoms with Gasteiger partial charge in [-0.1, -0.05) is 0 Å². The molecule has 1 atom stereocenters. The summed E-state index contributed by atoms with van der Waals surface area (Å²) in [5.41, 5.74) is 0.311. The lowest BCUT2D eigenvalue weighted by molar-refractivity contribution is 0.112. The van der Waals surface area contributed by atoms with Gasteiger partial charge in [-0.05, 0) is 18.2 Å². The number of rotatable bonds is 4. The predicted molar refractivity (Wildman–Crippen MR) is 47.9 cm³/mol. The topological polar surface area (TPSA) is 75.7 Å². The van der Waals surface area contributed by atoms with E-state index in [0.29, 0.717) is 11.8 Å². The van der Waals surface area contributed by atoms with Crippen LogP contribution in [0.1, 0.15) is 10.4 Å². The number of carbonyl (C=O) groups is 1. The number of aldehydes is 1. The van der Waals surface area contributed by atoms with Gasteiger partial charge < -0.3 is 13.5 Å². The van der Waals surface area contributed by atoms with Crippen molar-refractivity contribution in [1.29, 1.82) is 0 Å². The molecule has 0 heterocycles. The number of ether oxygens (including phenoxy) is 1. The van der Waals surface area contributed by atoms with E-state index in [9.17, 15) is 13.6 Å². The van der Waals surface area contributed by atoms with Crippen LogP contribution in [0.15, 0.2) is 18.2 Å². The molecule has 76 valence electrons. The highest BCUT2D eigenvalue weighted by atomic mass is 32.2. The fourth-order valence-electron chi connectivity index (χ4n) is 0.905. The standard InChI is InChI=1S/C8H8O5S/c1-12-7-3-2-6(5-9)4-8(7)13-14(10)11/h2-5H,1H3,(H,10,11)/p-1. The Bertz CT molecular complexity index is 363. The molecule has 0 aliphatic rings. The fourth-order valence-corrected chi connectivity index (χ4v) is 1.18. The second-order valence-electron chi connectivity index (χ2n) is 2.32. The van der Waals surface area contributed by atoms with E-state index in [-0.39, 0.29) is 11.5 Å². The molecule has 14 heavy (non-hydrogen) atoms. The van der Waals surface area contributed by atoms with Crippen LogP contribution in [0.3, 0.4) is 0 Å². The molecule has 1 aromatic rings. The Morgan fingerprint density at radius 1 is 1.43 bits per heavy atom. The Hall–Kier alpha value is -1.40. The average molecular weight is 215 g/mol. The van der Waals surface area contributed by atoms with E-state index < -0.39 is 11.4 Å². The van der Waals surface area contributed by atoms with E-state index >= 15 is 0 Å². The maximum atomic E-state index is 10.4. The summed E-state index contributed by atoms with van der Waals surface area (Å²) in [5.74, 6) is 0.241. The van der Waals surface area contributed by atoms with E-state index in [1.54, 1.807) is 0 Å². The quantitative estimate of drug-likeness (QED) is 0.545. The zero-order valence-corrected chi connectivity index (χ0v) is 8.08. The Morgan fingerprint density at radius 2 is 2.14 bits per heavy atom. The molecular formula is C8H7O5S-. The summed E-state index contributed by atoms with van der Waals surface area (Å²) in [7, 11) is 1.37. The van der Waals surface area contributed by atoms with E-state index in [4.69, 9.17) is 4.74 Å². The molecule has 0 aliphatic carbocycles. The Labute approximate surface area is 83.1 Å². The second kappa shape index (κ2) is 4.73. The summed E-state index contributed by atoms with van der Waals surface area (Å²) >= 11 is -2.68. The molecule has 5 nitrogen and oxygen atoms in total. The van der Waals surface area contributed by atoms with Crippen LogP contribution in [0.4, 0.5) is 0 Å². The molecule has 0 N–H and O–H groups in total. The van der Waals surface area contributed by atoms with Crippen molar-refractivity contribution in [1.82, 2.24) is 0 Å². The SMILES string of the molecule is COc1ccc(C=O)cc1OS(=O)[O-]. The van der Waals surface area contributed by atoms with Gasteiger partial charge in [0.15, 0.2) is 11.5 Å². The summed E-state index contributed by atoms with van der Waals surface area (Å²) in [5, 5.41) is 0. The molecule has 0 bridgehead atoms. The van der Waals surface area contributed by atoms with Gasteiger partial charge in [-0.2, -0.15) is 0 Å². The minimum atomic E-state index is -2.68. The van der Waals surface area contributed by atoms with Gasteiger partial charge in [0, 0.05) is 5.56 Å². The van der Waals surface area contributed by atoms with Crippen LogP contribution in [0.5, 0.6) is 11.5 Å². The minimum absolute atomic E-state index is 0.00886. The predicted octanol–water partition coefficient (Wildman–Crippen LogP) is 0.681. The van der Waals surface area contributed by atoms with Crippen molar-refractivity contribution in [2.24, 2.45) is 0 Å². The molecule has 1 unspecified atom stereocenters. The van der Waals surface area contributed by atoms with Crippen molar-refractivity contribution in [3.63, 3.8) is 0 Å². The molecule has 0 saturated carbocycles. The van der Waals surface area contributed by atoms with E-state index in [1.807, 2.05) is 0 Å². The third-order valence-electron chi connectivity index (χ3n) is 1.48. The van der Waals surface area contributed by atoms with E-state index in [2.05, 4.69) is 4.18 Å². The number of benzene rings is 1. The molecule has 6 heteroatoms. The highest BCUT2D eigenvalue weighted by Crippen LogP contribution is 2.27. The number of methoxy groups -OCH3 is 1. The maximum Gasteiger partial charge on any atom is 0.181 e. The molecule has 0 saturated heterocycles. The van der Waals surface area contributed by atoms with Crippen molar-refractivity contribution in [2.75, 3.05) is 7.11 Å². The first kappa shape index (κ1) is 10.7. The van der Waals surface area contributed by atoms with Crippen molar-refractivity contribution < 1.29 is 22.5 Å². The normalized spacial score (nSPS) is 11.9. The van der Waals surface area contributed by atoms with Crippen LogP contribution in [0, 0.1) is 0 Å². The summed E-state index contributed by atoms with van der Waals surface area (Å²) < 4.78 is 29.8. The van der Waals surface area contributed by atoms with Gasteiger partial charge in [-0.15, -0.1) is 0 Å². The summed E-state index contributed by atoms with van der Waals surface area (Å²) in [6.07, 6.45) is 0.583. The zero-order valence-electron chi connectivity index (χ0n) is 7.26. The smallest absolute Gasteiger partial charge is 0.181 e. The lowest BCUT2D eigenvalue weighted by Gasteiger charge is -2.11. The van der Waals surface area contributed by atoms with Gasteiger partial charge in [-0.3, -0.25) is 4.79 Å². The lowest BCUT2D eigenvalue weighted by atomic mass is 10.2. The van der Waals surface area contributed by atoms with E-state index in [1.165, 1.54) is 25.3 Å². The van der Waals surface area contributed by atoms with Gasteiger partial charge in [0.05, 0.1) is 7.11 Å². The van der Waals surface area contributed by atoms with Crippen molar-refractivity contribution in [2.45, 2.75) is 0 Å². The number of carbonyl (C=O) groups excluding carboxylic acids is 1. The van der Waals surface area contributed by atoms with Crippen molar-refractivity contribution >= 4 is 17.6 Å². The van der Waals surface area contributed by atoms with Gasteiger partial charge in [0.2, 0.25) is 0 Å². The fraction of sp³-hybridized carbons (Fsp3) is 0.125. The number of hydrogen-bond donors (Lipinski definition) is 0. The molecular weight excluding hydrogens is 208 g/mol. The van der Waals surface area contributed by atoms with Crippen LogP contribution in [-0.2, 0) is 11.4 Å². The van der Waals surface area contributed by atoms with Gasteiger partial charge >= 0.3 is 0 Å². The molecule has 1 aromatic carbocycles. The highest BCUT2D eigenvalue weighted by molar-refractivity contribution is 7.74. The largest absolute Gasteiger partial charge is 0.740 e. The summed E-state index contributed by atoms with van der Waals surface area (Å²) in [4.78, 5) is 10.4. The molecule has 0 aromatic heterocycles. The first-order chi connectivity index (χ1) is 6.67. The van der Waals surface area contributed by atoms with Crippen LogP contribution in [0.25, 0.3) is 0 Å². The molecule has 0 spiro atoms. The minimum Gasteiger partial charge on any atom is -0.740 e. The summed E-state index contributed by atoms with van der Waals surface area (Å²) in [6.45, 7) is 0. The number of hydrogen-bond acceptors (Lipinski definition) is 5. The lowest BCUT2D eigenvalue weighted by Crippen LogP contribution is -2.00. The van der Waals surface area contributed by atoms with E-state index in [0.717, 1.165) is 0 Å². The molecule has 0 radical (unpaired) electrons. The Kier molecular flexibility index (Phi) is 3.61. The average Bonchev–Trinajstić information content (AvgIpc) is 2.16. The van der Waals surface area contributed by atoms with Gasteiger partial charge in [0.1, 0.15) is 17.6 Å². The van der Waals surface area contributed by atoms with Crippen LogP contribution in [-0.4, -0.2) is 22.2 Å². The van der Waals surface area contributed by atoms with Crippen LogP contribution >= 0.6 is 0 Å². The summed E-state index contributed by atoms with van der Waals surface area (Å²) in [6, 6.07) is 4.22. The van der Waals surface area contributed by atoms with Gasteiger partial charge in [0.25, 0.3) is 0 Å². The third-order valence-corrected chi connectivity index (χ3v) is 1.80. The first-order valence-corrected chi connectivity index (χ1v) is 4.58. The van der Waals surface area contributed by atoms with Crippen LogP contribution in [0.2, 0.25) is 0 Å². The molecule has 0 amide bonds. The molecule has 0 aliphatic heterocycles. The Morgan fingerprint density at radius 3 is 2.64 bits per heavy atom. The third kappa shape index (κ3) is 2.54. The van der Waals surface area contributed by atoms with Crippen molar-refractivity contribution in [3.8, 4) is 11.5 Å². The zero-order chi connectivity index (χ0) is 10.6. The van der Waals surface area contributed by atoms with Gasteiger partial charge in [-0.25, -0.2) is 4.21 Å². The van der Waals surface area contributed by atoms with Crippen LogP contribution < -0.4 is 8.92 Å². The highest BCUT2D eigenvalue weighted by Gasteiger charge is 2.05.